The van der Waals surface area contributed by atoms with Crippen molar-refractivity contribution >= 4 is 34.1 Å². The molecule has 6 heteroatoms. The Morgan fingerprint density at radius 3 is 2.81 bits per heavy atom. The fourth-order valence-electron chi connectivity index (χ4n) is 2.55. The molecule has 0 unspecified atom stereocenters. The Bertz CT molecular complexity index is 754. The molecule has 3 rings (SSSR count). The van der Waals surface area contributed by atoms with Crippen LogP contribution in [0.3, 0.4) is 0 Å². The quantitative estimate of drug-likeness (QED) is 0.604. The molecule has 1 aromatic heterocycles. The van der Waals surface area contributed by atoms with E-state index in [-0.39, 0.29) is 18.4 Å². The van der Waals surface area contributed by atoms with Crippen molar-refractivity contribution in [3.05, 3.63) is 30.5 Å². The third-order valence-electron chi connectivity index (χ3n) is 3.82. The Morgan fingerprint density at radius 2 is 2.05 bits per heavy atom. The van der Waals surface area contributed by atoms with Crippen molar-refractivity contribution in [2.45, 2.75) is 19.4 Å². The number of pyridine rings is 1. The topological polar surface area (TPSA) is 88.3 Å². The van der Waals surface area contributed by atoms with Crippen LogP contribution in [0.1, 0.15) is 13.8 Å². The molecule has 1 fully saturated rings. The molecule has 6 nitrogen and oxygen atoms in total. The van der Waals surface area contributed by atoms with Gasteiger partial charge in [-0.1, -0.05) is 0 Å². The summed E-state index contributed by atoms with van der Waals surface area (Å²) >= 11 is 0. The number of piperazine rings is 1. The molecule has 2 aromatic rings. The van der Waals surface area contributed by atoms with Crippen LogP contribution in [0.2, 0.25) is 0 Å². The molecule has 1 aromatic carbocycles. The van der Waals surface area contributed by atoms with Gasteiger partial charge in [0.25, 0.3) is 5.91 Å². The summed E-state index contributed by atoms with van der Waals surface area (Å²) in [5.74, 6) is -0.612. The van der Waals surface area contributed by atoms with E-state index in [1.165, 1.54) is 0 Å². The van der Waals surface area contributed by atoms with Crippen LogP contribution in [0.15, 0.2) is 30.5 Å². The van der Waals surface area contributed by atoms with Crippen LogP contribution >= 0.6 is 0 Å². The Kier molecular flexibility index (Phi) is 2.83. The number of hydrogen-bond acceptors (Lipinski definition) is 5. The SMILES string of the molecule is CC1(C)C(=O)NC(=O)CN1c1ccnc2cc(N)ccc12. The molecule has 2 amide bonds. The summed E-state index contributed by atoms with van der Waals surface area (Å²) in [6, 6.07) is 7.23. The average Bonchev–Trinajstić information content (AvgIpc) is 2.42. The minimum Gasteiger partial charge on any atom is -0.399 e. The molecule has 0 aliphatic carbocycles. The summed E-state index contributed by atoms with van der Waals surface area (Å²) in [7, 11) is 0. The molecular weight excluding hydrogens is 268 g/mol. The zero-order valence-corrected chi connectivity index (χ0v) is 11.9. The lowest BCUT2D eigenvalue weighted by atomic mass is 9.97. The number of nitrogen functional groups attached to an aromatic ring is 1. The third-order valence-corrected chi connectivity index (χ3v) is 3.82. The predicted octanol–water partition coefficient (Wildman–Crippen LogP) is 1.06. The van der Waals surface area contributed by atoms with Gasteiger partial charge in [0.05, 0.1) is 12.1 Å². The molecule has 1 aliphatic rings. The zero-order chi connectivity index (χ0) is 15.2. The number of hydrogen-bond donors (Lipinski definition) is 2. The second kappa shape index (κ2) is 4.44. The summed E-state index contributed by atoms with van der Waals surface area (Å²) in [5.41, 5.74) is 7.12. The maximum atomic E-state index is 12.1. The summed E-state index contributed by atoms with van der Waals surface area (Å²) in [5, 5.41) is 3.23. The van der Waals surface area contributed by atoms with Crippen molar-refractivity contribution in [3.8, 4) is 0 Å². The Labute approximate surface area is 121 Å². The minimum atomic E-state index is -0.816. The van der Waals surface area contributed by atoms with Crippen LogP contribution in [-0.2, 0) is 9.59 Å². The van der Waals surface area contributed by atoms with Gasteiger partial charge in [-0.25, -0.2) is 0 Å². The van der Waals surface area contributed by atoms with Gasteiger partial charge < -0.3 is 10.6 Å². The standard InChI is InChI=1S/C15H16N4O2/c1-15(2)14(21)18-13(20)8-19(15)12-5-6-17-11-7-9(16)3-4-10(11)12/h3-7H,8,16H2,1-2H3,(H,18,20,21). The number of nitrogens with one attached hydrogen (secondary N) is 1. The predicted molar refractivity (Wildman–Crippen MR) is 80.7 cm³/mol. The lowest BCUT2D eigenvalue weighted by Crippen LogP contribution is -2.64. The van der Waals surface area contributed by atoms with E-state index in [2.05, 4.69) is 10.3 Å². The van der Waals surface area contributed by atoms with Gasteiger partial charge in [-0.3, -0.25) is 19.9 Å². The van der Waals surface area contributed by atoms with E-state index in [4.69, 9.17) is 5.73 Å². The highest BCUT2D eigenvalue weighted by Gasteiger charge is 2.41. The van der Waals surface area contributed by atoms with Gasteiger partial charge >= 0.3 is 0 Å². The summed E-state index contributed by atoms with van der Waals surface area (Å²) in [4.78, 5) is 29.9. The molecule has 1 aliphatic heterocycles. The first-order valence-electron chi connectivity index (χ1n) is 6.66. The smallest absolute Gasteiger partial charge is 0.251 e. The van der Waals surface area contributed by atoms with Crippen molar-refractivity contribution < 1.29 is 9.59 Å². The van der Waals surface area contributed by atoms with E-state index < -0.39 is 5.54 Å². The van der Waals surface area contributed by atoms with E-state index in [0.717, 1.165) is 16.6 Å². The van der Waals surface area contributed by atoms with Crippen molar-refractivity contribution in [1.82, 2.24) is 10.3 Å². The van der Waals surface area contributed by atoms with Gasteiger partial charge in [0.2, 0.25) is 5.91 Å². The molecule has 0 radical (unpaired) electrons. The van der Waals surface area contributed by atoms with E-state index >= 15 is 0 Å². The lowest BCUT2D eigenvalue weighted by Gasteiger charge is -2.42. The number of benzene rings is 1. The number of anilines is 2. The molecule has 0 atom stereocenters. The molecular formula is C15H16N4O2. The van der Waals surface area contributed by atoms with E-state index in [0.29, 0.717) is 5.69 Å². The van der Waals surface area contributed by atoms with E-state index in [9.17, 15) is 9.59 Å². The Morgan fingerprint density at radius 1 is 1.29 bits per heavy atom. The average molecular weight is 284 g/mol. The van der Waals surface area contributed by atoms with E-state index in [1.807, 2.05) is 12.1 Å². The van der Waals surface area contributed by atoms with Gasteiger partial charge in [0.1, 0.15) is 5.54 Å². The van der Waals surface area contributed by atoms with Crippen LogP contribution in [0, 0.1) is 0 Å². The zero-order valence-electron chi connectivity index (χ0n) is 11.9. The second-order valence-electron chi connectivity index (χ2n) is 5.63. The van der Waals surface area contributed by atoms with Gasteiger partial charge in [-0.05, 0) is 38.1 Å². The summed E-state index contributed by atoms with van der Waals surface area (Å²) < 4.78 is 0. The van der Waals surface area contributed by atoms with Gasteiger partial charge in [-0.15, -0.1) is 0 Å². The largest absolute Gasteiger partial charge is 0.399 e. The van der Waals surface area contributed by atoms with Crippen molar-refractivity contribution in [3.63, 3.8) is 0 Å². The number of aromatic nitrogens is 1. The first-order chi connectivity index (χ1) is 9.89. The fraction of sp³-hybridized carbons (Fsp3) is 0.267. The molecule has 1 saturated heterocycles. The number of imide groups is 1. The normalized spacial score (nSPS) is 17.9. The van der Waals surface area contributed by atoms with Crippen LogP contribution < -0.4 is 16.0 Å². The molecule has 108 valence electrons. The summed E-state index contributed by atoms with van der Waals surface area (Å²) in [6.45, 7) is 3.71. The first kappa shape index (κ1) is 13.4. The lowest BCUT2D eigenvalue weighted by molar-refractivity contribution is -0.135. The molecule has 21 heavy (non-hydrogen) atoms. The van der Waals surface area contributed by atoms with Crippen molar-refractivity contribution in [2.24, 2.45) is 0 Å². The van der Waals surface area contributed by atoms with Crippen LogP contribution in [0.25, 0.3) is 10.9 Å². The van der Waals surface area contributed by atoms with E-state index in [1.54, 1.807) is 37.1 Å². The number of nitrogens with two attached hydrogens (primary N) is 1. The number of fused-ring (bicyclic) bond motifs is 1. The minimum absolute atomic E-state index is 0.127. The maximum Gasteiger partial charge on any atom is 0.251 e. The number of rotatable bonds is 1. The van der Waals surface area contributed by atoms with Crippen molar-refractivity contribution in [1.29, 1.82) is 0 Å². The van der Waals surface area contributed by atoms with Crippen LogP contribution in [0.5, 0.6) is 0 Å². The highest BCUT2D eigenvalue weighted by Crippen LogP contribution is 2.32. The Hall–Kier alpha value is -2.63. The third kappa shape index (κ3) is 2.08. The first-order valence-corrected chi connectivity index (χ1v) is 6.66. The number of nitrogens with zero attached hydrogens (tertiary/aromatic N) is 2. The van der Waals surface area contributed by atoms with Crippen LogP contribution in [0.4, 0.5) is 11.4 Å². The number of carbonyl (C=O) groups is 2. The molecule has 3 N–H and O–H groups in total. The van der Waals surface area contributed by atoms with Gasteiger partial charge in [-0.2, -0.15) is 0 Å². The number of carbonyl (C=O) groups excluding carboxylic acids is 2. The van der Waals surface area contributed by atoms with Gasteiger partial charge in [0.15, 0.2) is 0 Å². The monoisotopic (exact) mass is 284 g/mol. The number of amides is 2. The molecule has 0 saturated carbocycles. The van der Waals surface area contributed by atoms with Gasteiger partial charge in [0, 0.05) is 23.0 Å². The molecule has 0 spiro atoms. The summed E-state index contributed by atoms with van der Waals surface area (Å²) in [6.07, 6.45) is 1.66. The second-order valence-corrected chi connectivity index (χ2v) is 5.63. The molecule has 2 heterocycles. The maximum absolute atomic E-state index is 12.1. The highest BCUT2D eigenvalue weighted by atomic mass is 16.2. The Balaban J connectivity index is 2.19. The molecule has 0 bridgehead atoms. The van der Waals surface area contributed by atoms with Crippen molar-refractivity contribution in [2.75, 3.05) is 17.2 Å². The van der Waals surface area contributed by atoms with Crippen LogP contribution in [-0.4, -0.2) is 28.9 Å². The fourth-order valence-corrected chi connectivity index (χ4v) is 2.55. The highest BCUT2D eigenvalue weighted by molar-refractivity contribution is 6.08.